The Labute approximate surface area is 145 Å². The SMILES string of the molecule is CC(C)Oc1ccccc1NCC(=O)Nc1ccc(Cl)c(Cl)c1. The van der Waals surface area contributed by atoms with Crippen LogP contribution in [0, 0.1) is 0 Å². The Bertz CT molecular complexity index is 690. The van der Waals surface area contributed by atoms with Crippen molar-refractivity contribution in [2.45, 2.75) is 20.0 Å². The lowest BCUT2D eigenvalue weighted by Gasteiger charge is -2.15. The molecule has 0 aliphatic heterocycles. The van der Waals surface area contributed by atoms with Crippen LogP contribution in [0.15, 0.2) is 42.5 Å². The first-order valence-corrected chi connectivity index (χ1v) is 7.96. The quantitative estimate of drug-likeness (QED) is 0.782. The monoisotopic (exact) mass is 352 g/mol. The Morgan fingerprint density at radius 2 is 1.87 bits per heavy atom. The Hall–Kier alpha value is -1.91. The molecule has 6 heteroatoms. The molecule has 0 radical (unpaired) electrons. The van der Waals surface area contributed by atoms with Crippen molar-refractivity contribution in [1.29, 1.82) is 0 Å². The molecule has 0 aromatic heterocycles. The smallest absolute Gasteiger partial charge is 0.243 e. The van der Waals surface area contributed by atoms with Gasteiger partial charge in [-0.1, -0.05) is 35.3 Å². The van der Waals surface area contributed by atoms with Crippen LogP contribution >= 0.6 is 23.2 Å². The molecule has 4 nitrogen and oxygen atoms in total. The van der Waals surface area contributed by atoms with Crippen LogP contribution in [0.25, 0.3) is 0 Å². The third-order valence-corrected chi connectivity index (χ3v) is 3.63. The lowest BCUT2D eigenvalue weighted by molar-refractivity contribution is -0.114. The van der Waals surface area contributed by atoms with Crippen LogP contribution in [0.5, 0.6) is 5.75 Å². The van der Waals surface area contributed by atoms with Gasteiger partial charge >= 0.3 is 0 Å². The predicted molar refractivity (Wildman–Crippen MR) is 95.8 cm³/mol. The number of amides is 1. The van der Waals surface area contributed by atoms with Crippen LogP contribution in [0.3, 0.4) is 0 Å². The predicted octanol–water partition coefficient (Wildman–Crippen LogP) is 4.83. The van der Waals surface area contributed by atoms with E-state index in [4.69, 9.17) is 27.9 Å². The van der Waals surface area contributed by atoms with Gasteiger partial charge < -0.3 is 15.4 Å². The molecule has 2 N–H and O–H groups in total. The fraction of sp³-hybridized carbons (Fsp3) is 0.235. The summed E-state index contributed by atoms with van der Waals surface area (Å²) in [7, 11) is 0. The van der Waals surface area contributed by atoms with E-state index in [9.17, 15) is 4.79 Å². The van der Waals surface area contributed by atoms with Gasteiger partial charge in [0.15, 0.2) is 0 Å². The molecule has 23 heavy (non-hydrogen) atoms. The van der Waals surface area contributed by atoms with Crippen LogP contribution in [0.1, 0.15) is 13.8 Å². The van der Waals surface area contributed by atoms with Crippen molar-refractivity contribution in [3.63, 3.8) is 0 Å². The molecule has 0 fully saturated rings. The van der Waals surface area contributed by atoms with Crippen LogP contribution in [0.2, 0.25) is 10.0 Å². The van der Waals surface area contributed by atoms with E-state index < -0.39 is 0 Å². The summed E-state index contributed by atoms with van der Waals surface area (Å²) in [4.78, 5) is 12.0. The van der Waals surface area contributed by atoms with Gasteiger partial charge in [-0.3, -0.25) is 4.79 Å². The molecule has 0 bridgehead atoms. The second kappa shape index (κ2) is 8.09. The number of anilines is 2. The van der Waals surface area contributed by atoms with Gasteiger partial charge in [0.1, 0.15) is 5.75 Å². The molecule has 0 saturated heterocycles. The normalized spacial score (nSPS) is 10.5. The first-order valence-electron chi connectivity index (χ1n) is 7.20. The highest BCUT2D eigenvalue weighted by molar-refractivity contribution is 6.42. The molecule has 0 aliphatic carbocycles. The zero-order valence-corrected chi connectivity index (χ0v) is 14.4. The summed E-state index contributed by atoms with van der Waals surface area (Å²) in [6.45, 7) is 4.01. The van der Waals surface area contributed by atoms with Gasteiger partial charge in [-0.25, -0.2) is 0 Å². The zero-order chi connectivity index (χ0) is 16.8. The first-order chi connectivity index (χ1) is 11.0. The Morgan fingerprint density at radius 1 is 1.13 bits per heavy atom. The molecule has 0 atom stereocenters. The highest BCUT2D eigenvalue weighted by Crippen LogP contribution is 2.26. The van der Waals surface area contributed by atoms with Gasteiger partial charge in [-0.15, -0.1) is 0 Å². The number of hydrogen-bond acceptors (Lipinski definition) is 3. The second-order valence-electron chi connectivity index (χ2n) is 5.19. The summed E-state index contributed by atoms with van der Waals surface area (Å²) in [5.41, 5.74) is 1.36. The van der Waals surface area contributed by atoms with E-state index in [1.807, 2.05) is 38.1 Å². The minimum atomic E-state index is -0.192. The number of hydrogen-bond donors (Lipinski definition) is 2. The summed E-state index contributed by atoms with van der Waals surface area (Å²) >= 11 is 11.8. The summed E-state index contributed by atoms with van der Waals surface area (Å²) < 4.78 is 5.70. The number of carbonyl (C=O) groups excluding carboxylic acids is 1. The molecule has 1 amide bonds. The number of benzene rings is 2. The van der Waals surface area contributed by atoms with Gasteiger partial charge in [0.2, 0.25) is 5.91 Å². The summed E-state index contributed by atoms with van der Waals surface area (Å²) in [5, 5.41) is 6.67. The van der Waals surface area contributed by atoms with Crippen molar-refractivity contribution in [3.05, 3.63) is 52.5 Å². The van der Waals surface area contributed by atoms with E-state index in [1.165, 1.54) is 0 Å². The first kappa shape index (κ1) is 17.4. The van der Waals surface area contributed by atoms with Gasteiger partial charge in [0, 0.05) is 5.69 Å². The molecule has 0 unspecified atom stereocenters. The topological polar surface area (TPSA) is 50.4 Å². The number of para-hydroxylation sites is 2. The molecule has 0 aliphatic rings. The van der Waals surface area contributed by atoms with E-state index in [2.05, 4.69) is 10.6 Å². The third-order valence-electron chi connectivity index (χ3n) is 2.89. The maximum Gasteiger partial charge on any atom is 0.243 e. The molecular weight excluding hydrogens is 335 g/mol. The summed E-state index contributed by atoms with van der Waals surface area (Å²) in [5.74, 6) is 0.521. The van der Waals surface area contributed by atoms with Crippen LogP contribution < -0.4 is 15.4 Å². The molecule has 2 aromatic carbocycles. The number of rotatable bonds is 6. The van der Waals surface area contributed by atoms with Crippen molar-refractivity contribution in [1.82, 2.24) is 0 Å². The number of ether oxygens (including phenoxy) is 1. The minimum absolute atomic E-state index is 0.0583. The van der Waals surface area contributed by atoms with E-state index >= 15 is 0 Å². The molecule has 2 rings (SSSR count). The standard InChI is InChI=1S/C17H18Cl2N2O2/c1-11(2)23-16-6-4-3-5-15(16)20-10-17(22)21-12-7-8-13(18)14(19)9-12/h3-9,11,20H,10H2,1-2H3,(H,21,22). The zero-order valence-electron chi connectivity index (χ0n) is 12.9. The van der Waals surface area contributed by atoms with Gasteiger partial charge in [-0.05, 0) is 44.2 Å². The highest BCUT2D eigenvalue weighted by atomic mass is 35.5. The summed E-state index contributed by atoms with van der Waals surface area (Å²) in [6.07, 6.45) is 0.0583. The van der Waals surface area contributed by atoms with Crippen molar-refractivity contribution in [2.24, 2.45) is 0 Å². The van der Waals surface area contributed by atoms with E-state index in [0.29, 0.717) is 21.5 Å². The molecule has 2 aromatic rings. The maximum atomic E-state index is 12.0. The largest absolute Gasteiger partial charge is 0.489 e. The number of nitrogens with one attached hydrogen (secondary N) is 2. The van der Waals surface area contributed by atoms with Crippen LogP contribution in [-0.2, 0) is 4.79 Å². The summed E-state index contributed by atoms with van der Waals surface area (Å²) in [6, 6.07) is 12.4. The van der Waals surface area contributed by atoms with Crippen LogP contribution in [-0.4, -0.2) is 18.6 Å². The maximum absolute atomic E-state index is 12.0. The van der Waals surface area contributed by atoms with Gasteiger partial charge in [0.25, 0.3) is 0 Å². The Morgan fingerprint density at radius 3 is 2.57 bits per heavy atom. The number of halogens is 2. The lowest BCUT2D eigenvalue weighted by atomic mass is 10.3. The van der Waals surface area contributed by atoms with Gasteiger partial charge in [0.05, 0.1) is 28.4 Å². The highest BCUT2D eigenvalue weighted by Gasteiger charge is 2.08. The van der Waals surface area contributed by atoms with Crippen molar-refractivity contribution >= 4 is 40.5 Å². The fourth-order valence-electron chi connectivity index (χ4n) is 1.92. The van der Waals surface area contributed by atoms with Crippen LogP contribution in [0.4, 0.5) is 11.4 Å². The lowest BCUT2D eigenvalue weighted by Crippen LogP contribution is -2.22. The van der Waals surface area contributed by atoms with E-state index in [-0.39, 0.29) is 18.6 Å². The molecule has 0 saturated carbocycles. The van der Waals surface area contributed by atoms with Crippen molar-refractivity contribution < 1.29 is 9.53 Å². The van der Waals surface area contributed by atoms with Crippen molar-refractivity contribution in [3.8, 4) is 5.75 Å². The average molecular weight is 353 g/mol. The number of carbonyl (C=O) groups is 1. The third kappa shape index (κ3) is 5.34. The van der Waals surface area contributed by atoms with E-state index in [0.717, 1.165) is 5.69 Å². The van der Waals surface area contributed by atoms with Gasteiger partial charge in [-0.2, -0.15) is 0 Å². The van der Waals surface area contributed by atoms with Crippen molar-refractivity contribution in [2.75, 3.05) is 17.2 Å². The molecule has 122 valence electrons. The molecular formula is C17H18Cl2N2O2. The Balaban J connectivity index is 1.95. The average Bonchev–Trinajstić information content (AvgIpc) is 2.49. The fourth-order valence-corrected chi connectivity index (χ4v) is 2.22. The second-order valence-corrected chi connectivity index (χ2v) is 6.01. The Kier molecular flexibility index (Phi) is 6.13. The molecule has 0 heterocycles. The molecule has 0 spiro atoms. The minimum Gasteiger partial charge on any atom is -0.489 e. The van der Waals surface area contributed by atoms with E-state index in [1.54, 1.807) is 18.2 Å².